The Balaban J connectivity index is 2.24. The van der Waals surface area contributed by atoms with E-state index in [2.05, 4.69) is 16.9 Å². The number of nitrogens with one attached hydrogen (secondary N) is 2. The molecular formula is C17H14N4O5S. The van der Waals surface area contributed by atoms with Crippen molar-refractivity contribution >= 4 is 27.8 Å². The van der Waals surface area contributed by atoms with Gasteiger partial charge < -0.3 is 4.74 Å². The van der Waals surface area contributed by atoms with E-state index in [1.54, 1.807) is 4.72 Å². The number of aromatic nitrogens is 1. The SMILES string of the molecule is C=CCOC(=O)c1ccccc1S(=O)(=O)NC(=O)Nc1ncccc1C#N. The fourth-order valence-electron chi connectivity index (χ4n) is 1.99. The average molecular weight is 386 g/mol. The number of pyridine rings is 1. The Morgan fingerprint density at radius 3 is 2.70 bits per heavy atom. The van der Waals surface area contributed by atoms with Gasteiger partial charge in [-0.25, -0.2) is 27.7 Å². The number of carbonyl (C=O) groups is 2. The molecule has 1 heterocycles. The lowest BCUT2D eigenvalue weighted by molar-refractivity contribution is 0.0545. The number of sulfonamides is 1. The number of nitriles is 1. The monoisotopic (exact) mass is 386 g/mol. The first-order valence-electron chi connectivity index (χ1n) is 7.45. The van der Waals surface area contributed by atoms with Crippen LogP contribution in [0, 0.1) is 11.3 Å². The lowest BCUT2D eigenvalue weighted by atomic mass is 10.2. The molecule has 138 valence electrons. The number of urea groups is 1. The lowest BCUT2D eigenvalue weighted by Gasteiger charge is -2.11. The number of anilines is 1. The Morgan fingerprint density at radius 1 is 1.26 bits per heavy atom. The first kappa shape index (κ1) is 19.6. The number of carbonyl (C=O) groups excluding carboxylic acids is 2. The van der Waals surface area contributed by atoms with Crippen LogP contribution in [0.3, 0.4) is 0 Å². The third kappa shape index (κ3) is 4.90. The summed E-state index contributed by atoms with van der Waals surface area (Å²) in [6.07, 6.45) is 2.66. The zero-order chi connectivity index (χ0) is 19.9. The second kappa shape index (κ2) is 8.59. The topological polar surface area (TPSA) is 138 Å². The first-order valence-corrected chi connectivity index (χ1v) is 8.93. The summed E-state index contributed by atoms with van der Waals surface area (Å²) in [5.74, 6) is -0.987. The molecule has 0 saturated heterocycles. The van der Waals surface area contributed by atoms with Crippen molar-refractivity contribution in [2.45, 2.75) is 4.90 Å². The van der Waals surface area contributed by atoms with Crippen LogP contribution < -0.4 is 10.0 Å². The van der Waals surface area contributed by atoms with Crippen molar-refractivity contribution in [2.75, 3.05) is 11.9 Å². The van der Waals surface area contributed by atoms with Crippen molar-refractivity contribution in [3.8, 4) is 6.07 Å². The third-order valence-corrected chi connectivity index (χ3v) is 4.51. The number of amides is 2. The smallest absolute Gasteiger partial charge is 0.339 e. The van der Waals surface area contributed by atoms with Gasteiger partial charge in [0.15, 0.2) is 5.82 Å². The summed E-state index contributed by atoms with van der Waals surface area (Å²) in [5, 5.41) is 11.1. The summed E-state index contributed by atoms with van der Waals surface area (Å²) in [4.78, 5) is 27.4. The highest BCUT2D eigenvalue weighted by Gasteiger charge is 2.25. The molecule has 1 aromatic heterocycles. The molecule has 2 amide bonds. The maximum atomic E-state index is 12.5. The molecule has 0 radical (unpaired) electrons. The number of hydrogen-bond acceptors (Lipinski definition) is 7. The van der Waals surface area contributed by atoms with E-state index in [4.69, 9.17) is 10.00 Å². The van der Waals surface area contributed by atoms with Crippen LogP contribution in [-0.4, -0.2) is 32.0 Å². The van der Waals surface area contributed by atoms with Crippen molar-refractivity contribution in [2.24, 2.45) is 0 Å². The molecule has 0 aliphatic carbocycles. The van der Waals surface area contributed by atoms with Crippen molar-refractivity contribution in [1.82, 2.24) is 9.71 Å². The molecule has 27 heavy (non-hydrogen) atoms. The second-order valence-electron chi connectivity index (χ2n) is 4.95. The highest BCUT2D eigenvalue weighted by Crippen LogP contribution is 2.17. The molecule has 10 heteroatoms. The van der Waals surface area contributed by atoms with Crippen LogP contribution in [0.25, 0.3) is 0 Å². The van der Waals surface area contributed by atoms with E-state index in [0.29, 0.717) is 0 Å². The molecule has 0 fully saturated rings. The van der Waals surface area contributed by atoms with E-state index in [1.165, 1.54) is 42.6 Å². The van der Waals surface area contributed by atoms with Gasteiger partial charge in [0.1, 0.15) is 17.6 Å². The molecule has 2 rings (SSSR count). The quantitative estimate of drug-likeness (QED) is 0.570. The predicted molar refractivity (Wildman–Crippen MR) is 95.2 cm³/mol. The van der Waals surface area contributed by atoms with Crippen LogP contribution in [0.1, 0.15) is 15.9 Å². The van der Waals surface area contributed by atoms with Gasteiger partial charge in [0.2, 0.25) is 0 Å². The Labute approximate surface area is 155 Å². The maximum Gasteiger partial charge on any atom is 0.339 e. The van der Waals surface area contributed by atoms with Crippen LogP contribution in [0.2, 0.25) is 0 Å². The molecule has 9 nitrogen and oxygen atoms in total. The predicted octanol–water partition coefficient (Wildman–Crippen LogP) is 1.81. The lowest BCUT2D eigenvalue weighted by Crippen LogP contribution is -2.35. The van der Waals surface area contributed by atoms with Crippen molar-refractivity contribution in [3.63, 3.8) is 0 Å². The van der Waals surface area contributed by atoms with Gasteiger partial charge >= 0.3 is 12.0 Å². The van der Waals surface area contributed by atoms with Gasteiger partial charge in [-0.1, -0.05) is 24.8 Å². The van der Waals surface area contributed by atoms with Gasteiger partial charge in [-0.05, 0) is 24.3 Å². The molecule has 0 atom stereocenters. The maximum absolute atomic E-state index is 12.5. The van der Waals surface area contributed by atoms with Crippen LogP contribution in [-0.2, 0) is 14.8 Å². The number of esters is 1. The van der Waals surface area contributed by atoms with Crippen LogP contribution in [0.15, 0.2) is 60.1 Å². The summed E-state index contributed by atoms with van der Waals surface area (Å²) in [6, 6.07) is 8.83. The van der Waals surface area contributed by atoms with Crippen LogP contribution in [0.4, 0.5) is 10.6 Å². The molecule has 0 saturated carbocycles. The Hall–Kier alpha value is -3.71. The number of nitrogens with zero attached hydrogens (tertiary/aromatic N) is 2. The van der Waals surface area contributed by atoms with Gasteiger partial charge in [0.25, 0.3) is 10.0 Å². The molecule has 2 N–H and O–H groups in total. The van der Waals surface area contributed by atoms with Gasteiger partial charge in [0.05, 0.1) is 11.1 Å². The molecule has 0 aliphatic rings. The summed E-state index contributed by atoms with van der Waals surface area (Å²) in [5.41, 5.74) is -0.186. The second-order valence-corrected chi connectivity index (χ2v) is 6.61. The standard InChI is InChI=1S/C17H14N4O5S/c1-2-10-26-16(22)13-7-3-4-8-14(13)27(24,25)21-17(23)20-15-12(11-18)6-5-9-19-15/h2-9H,1,10H2,(H2,19,20,21,23). The zero-order valence-corrected chi connectivity index (χ0v) is 14.7. The highest BCUT2D eigenvalue weighted by atomic mass is 32.2. The summed E-state index contributed by atoms with van der Waals surface area (Å²) in [6.45, 7) is 3.30. The zero-order valence-electron chi connectivity index (χ0n) is 13.9. The number of benzene rings is 1. The van der Waals surface area contributed by atoms with Crippen LogP contribution >= 0.6 is 0 Å². The third-order valence-electron chi connectivity index (χ3n) is 3.12. The normalized spacial score (nSPS) is 10.3. The fourth-order valence-corrected chi connectivity index (χ4v) is 3.09. The van der Waals surface area contributed by atoms with E-state index in [9.17, 15) is 18.0 Å². The minimum absolute atomic E-state index is 0.0541. The first-order chi connectivity index (χ1) is 12.9. The fraction of sp³-hybridized carbons (Fsp3) is 0.0588. The van der Waals surface area contributed by atoms with Crippen molar-refractivity contribution in [3.05, 3.63) is 66.4 Å². The molecule has 0 bridgehead atoms. The molecule has 0 spiro atoms. The Kier molecular flexibility index (Phi) is 6.24. The van der Waals surface area contributed by atoms with E-state index in [-0.39, 0.29) is 23.6 Å². The number of rotatable bonds is 6. The molecule has 2 aromatic rings. The molecular weight excluding hydrogens is 372 g/mol. The molecule has 1 aromatic carbocycles. The summed E-state index contributed by atoms with van der Waals surface area (Å²) < 4.78 is 31.6. The Bertz CT molecular complexity index is 1030. The Morgan fingerprint density at radius 2 is 2.00 bits per heavy atom. The largest absolute Gasteiger partial charge is 0.458 e. The van der Waals surface area contributed by atoms with E-state index >= 15 is 0 Å². The summed E-state index contributed by atoms with van der Waals surface area (Å²) in [7, 11) is -4.40. The van der Waals surface area contributed by atoms with Gasteiger partial charge in [-0.2, -0.15) is 5.26 Å². The van der Waals surface area contributed by atoms with E-state index < -0.39 is 26.9 Å². The van der Waals surface area contributed by atoms with Crippen LogP contribution in [0.5, 0.6) is 0 Å². The van der Waals surface area contributed by atoms with E-state index in [0.717, 1.165) is 6.07 Å². The van der Waals surface area contributed by atoms with E-state index in [1.807, 2.05) is 6.07 Å². The molecule has 0 aliphatic heterocycles. The minimum Gasteiger partial charge on any atom is -0.458 e. The number of hydrogen-bond donors (Lipinski definition) is 2. The minimum atomic E-state index is -4.40. The highest BCUT2D eigenvalue weighted by molar-refractivity contribution is 7.90. The van der Waals surface area contributed by atoms with Gasteiger partial charge in [-0.3, -0.25) is 5.32 Å². The van der Waals surface area contributed by atoms with Crippen molar-refractivity contribution in [1.29, 1.82) is 5.26 Å². The van der Waals surface area contributed by atoms with Gasteiger partial charge in [0, 0.05) is 6.20 Å². The number of ether oxygens (including phenoxy) is 1. The average Bonchev–Trinajstić information content (AvgIpc) is 2.66. The van der Waals surface area contributed by atoms with Crippen molar-refractivity contribution < 1.29 is 22.7 Å². The molecule has 0 unspecified atom stereocenters. The summed E-state index contributed by atoms with van der Waals surface area (Å²) >= 11 is 0. The van der Waals surface area contributed by atoms with Gasteiger partial charge in [-0.15, -0.1) is 0 Å².